The highest BCUT2D eigenvalue weighted by atomic mass is 16.6. The zero-order chi connectivity index (χ0) is 53.4. The Bertz CT molecular complexity index is 1580. The minimum atomic E-state index is -0.579. The number of carbonyl (C=O) groups excluding carboxylic acids is 2. The number of hydrogen-bond acceptors (Lipinski definition) is 5. The van der Waals surface area contributed by atoms with E-state index in [1.807, 2.05) is 0 Å². The zero-order valence-electron chi connectivity index (χ0n) is 48.1. The molecule has 0 rings (SSSR count). The van der Waals surface area contributed by atoms with Crippen molar-refractivity contribution in [3.05, 3.63) is 146 Å². The number of carbonyl (C=O) groups is 2. The Kier molecular flexibility index (Phi) is 59.5. The van der Waals surface area contributed by atoms with Crippen molar-refractivity contribution in [2.24, 2.45) is 0 Å². The van der Waals surface area contributed by atoms with Crippen molar-refractivity contribution in [3.8, 4) is 0 Å². The Morgan fingerprint density at radius 3 is 0.986 bits per heavy atom. The van der Waals surface area contributed by atoms with Crippen LogP contribution in [0.5, 0.6) is 0 Å². The summed E-state index contributed by atoms with van der Waals surface area (Å²) >= 11 is 0. The van der Waals surface area contributed by atoms with Crippen LogP contribution in [0.25, 0.3) is 0 Å². The second-order valence-electron chi connectivity index (χ2n) is 19.5. The van der Waals surface area contributed by atoms with Gasteiger partial charge in [-0.3, -0.25) is 9.59 Å². The summed E-state index contributed by atoms with van der Waals surface area (Å²) in [5, 5.41) is 0. The fraction of sp³-hybridized carbons (Fsp3) is 0.623. The van der Waals surface area contributed by atoms with Gasteiger partial charge < -0.3 is 14.2 Å². The monoisotopic (exact) mass is 1020 g/mol. The van der Waals surface area contributed by atoms with Gasteiger partial charge in [0.1, 0.15) is 6.61 Å². The Morgan fingerprint density at radius 2 is 0.608 bits per heavy atom. The summed E-state index contributed by atoms with van der Waals surface area (Å²) in [6.07, 6.45) is 91.6. The molecule has 0 aromatic rings. The van der Waals surface area contributed by atoms with E-state index in [9.17, 15) is 9.59 Å². The highest BCUT2D eigenvalue weighted by molar-refractivity contribution is 5.70. The van der Waals surface area contributed by atoms with Gasteiger partial charge in [-0.1, -0.05) is 244 Å². The van der Waals surface area contributed by atoms with Crippen molar-refractivity contribution < 1.29 is 23.8 Å². The molecule has 0 aliphatic heterocycles. The third-order valence-electron chi connectivity index (χ3n) is 12.3. The van der Waals surface area contributed by atoms with Gasteiger partial charge in [-0.25, -0.2) is 0 Å². The van der Waals surface area contributed by atoms with E-state index in [1.165, 1.54) is 77.0 Å². The molecule has 0 fully saturated rings. The number of allylic oxidation sites excluding steroid dienone is 24. The number of unbranched alkanes of at least 4 members (excludes halogenated alkanes) is 19. The van der Waals surface area contributed by atoms with Crippen LogP contribution >= 0.6 is 0 Å². The van der Waals surface area contributed by atoms with E-state index in [1.54, 1.807) is 0 Å². The van der Waals surface area contributed by atoms with Crippen LogP contribution in [0.3, 0.4) is 0 Å². The van der Waals surface area contributed by atoms with Gasteiger partial charge in [-0.15, -0.1) is 0 Å². The summed E-state index contributed by atoms with van der Waals surface area (Å²) in [7, 11) is 0. The molecule has 418 valence electrons. The highest BCUT2D eigenvalue weighted by Gasteiger charge is 2.17. The van der Waals surface area contributed by atoms with Gasteiger partial charge in [0, 0.05) is 19.4 Å². The largest absolute Gasteiger partial charge is 0.462 e. The van der Waals surface area contributed by atoms with Gasteiger partial charge in [0.05, 0.1) is 6.61 Å². The Hall–Kier alpha value is -4.22. The van der Waals surface area contributed by atoms with Crippen molar-refractivity contribution in [2.75, 3.05) is 19.8 Å². The first-order valence-electron chi connectivity index (χ1n) is 30.4. The molecule has 0 aromatic carbocycles. The lowest BCUT2D eigenvalue weighted by atomic mass is 10.1. The van der Waals surface area contributed by atoms with Crippen molar-refractivity contribution >= 4 is 11.9 Å². The Balaban J connectivity index is 4.44. The van der Waals surface area contributed by atoms with Gasteiger partial charge in [0.2, 0.25) is 0 Å². The summed E-state index contributed by atoms with van der Waals surface area (Å²) in [5.74, 6) is -0.460. The van der Waals surface area contributed by atoms with Gasteiger partial charge in [0.15, 0.2) is 6.10 Å². The number of ether oxygens (including phenoxy) is 3. The normalized spacial score (nSPS) is 13.3. The SMILES string of the molecule is CC/C=C\C/C=C\C/C=C\C/C=C\C/C=C\CCCCCCOCC(COC(=O)CCCCC/C=C\C/C=C\C/C=C\C/C=C\C/C=C\CC)OC(=O)CCCCCCCCCCC/C=C\C/C=C\CCCCC. The fourth-order valence-corrected chi connectivity index (χ4v) is 7.89. The molecule has 0 aliphatic carbocycles. The molecule has 0 spiro atoms. The molecule has 0 N–H and O–H groups in total. The van der Waals surface area contributed by atoms with Crippen LogP contribution in [0.2, 0.25) is 0 Å². The molecule has 0 radical (unpaired) electrons. The van der Waals surface area contributed by atoms with Crippen LogP contribution < -0.4 is 0 Å². The van der Waals surface area contributed by atoms with Crippen molar-refractivity contribution in [1.82, 2.24) is 0 Å². The van der Waals surface area contributed by atoms with E-state index in [2.05, 4.69) is 167 Å². The molecule has 1 unspecified atom stereocenters. The summed E-state index contributed by atoms with van der Waals surface area (Å²) < 4.78 is 17.5. The molecular weight excluding hydrogens is 909 g/mol. The molecule has 0 aliphatic rings. The van der Waals surface area contributed by atoms with Crippen LogP contribution in [0.1, 0.15) is 252 Å². The maximum absolute atomic E-state index is 12.9. The molecule has 0 saturated heterocycles. The van der Waals surface area contributed by atoms with E-state index >= 15 is 0 Å². The molecule has 0 aromatic heterocycles. The number of rotatable bonds is 54. The molecule has 0 saturated carbocycles. The molecule has 0 heterocycles. The lowest BCUT2D eigenvalue weighted by Gasteiger charge is -2.18. The third-order valence-corrected chi connectivity index (χ3v) is 12.3. The van der Waals surface area contributed by atoms with E-state index in [0.717, 1.165) is 141 Å². The lowest BCUT2D eigenvalue weighted by molar-refractivity contribution is -0.163. The van der Waals surface area contributed by atoms with E-state index < -0.39 is 6.10 Å². The molecule has 74 heavy (non-hydrogen) atoms. The average Bonchev–Trinajstić information content (AvgIpc) is 3.40. The van der Waals surface area contributed by atoms with Crippen LogP contribution in [0.15, 0.2) is 146 Å². The van der Waals surface area contributed by atoms with Crippen LogP contribution in [0, 0.1) is 0 Å². The van der Waals surface area contributed by atoms with Crippen LogP contribution in [-0.2, 0) is 23.8 Å². The first-order valence-corrected chi connectivity index (χ1v) is 30.4. The van der Waals surface area contributed by atoms with Crippen molar-refractivity contribution in [3.63, 3.8) is 0 Å². The van der Waals surface area contributed by atoms with Gasteiger partial charge in [-0.05, 0) is 141 Å². The predicted molar refractivity (Wildman–Crippen MR) is 325 cm³/mol. The summed E-state index contributed by atoms with van der Waals surface area (Å²) in [6.45, 7) is 7.48. The van der Waals surface area contributed by atoms with Gasteiger partial charge in [-0.2, -0.15) is 0 Å². The average molecular weight is 1020 g/mol. The lowest BCUT2D eigenvalue weighted by Crippen LogP contribution is -2.30. The molecule has 0 bridgehead atoms. The van der Waals surface area contributed by atoms with Gasteiger partial charge in [0.25, 0.3) is 0 Å². The maximum Gasteiger partial charge on any atom is 0.306 e. The summed E-state index contributed by atoms with van der Waals surface area (Å²) in [6, 6.07) is 0. The second kappa shape index (κ2) is 63.1. The maximum atomic E-state index is 12.9. The standard InChI is InChI=1S/C69H112O5/c1-4-7-10-13-16-19-22-25-28-31-34-37-40-43-46-49-52-55-58-61-64-72-65-67(74-69(71)63-60-57-54-51-48-45-42-39-36-33-30-27-24-21-18-15-12-9-6-3)66-73-68(70)62-59-56-53-50-47-44-41-38-35-32-29-26-23-20-17-14-11-8-5-2/h7-8,10-11,16-21,25-30,34-35,37-38,43-44,46-47,67H,4-6,9,12-15,22-24,31-33,36,39-42,45,48-66H2,1-3H3/b10-7-,11-8-,19-16-,20-17-,21-18-,28-25-,29-26-,30-27-,37-34-,38-35-,46-43-,47-44-. The van der Waals surface area contributed by atoms with Crippen molar-refractivity contribution in [1.29, 1.82) is 0 Å². The second-order valence-corrected chi connectivity index (χ2v) is 19.5. The minimum absolute atomic E-state index is 0.0463. The smallest absolute Gasteiger partial charge is 0.306 e. The third kappa shape index (κ3) is 60.3. The molecule has 5 nitrogen and oxygen atoms in total. The van der Waals surface area contributed by atoms with Crippen molar-refractivity contribution in [2.45, 2.75) is 258 Å². The fourth-order valence-electron chi connectivity index (χ4n) is 7.89. The Labute approximate surface area is 457 Å². The van der Waals surface area contributed by atoms with E-state index in [-0.39, 0.29) is 25.2 Å². The molecule has 0 amide bonds. The topological polar surface area (TPSA) is 61.8 Å². The zero-order valence-corrected chi connectivity index (χ0v) is 48.1. The first kappa shape index (κ1) is 69.8. The van der Waals surface area contributed by atoms with Crippen LogP contribution in [-0.4, -0.2) is 37.9 Å². The molecule has 1 atom stereocenters. The molecular formula is C69H112O5. The number of esters is 2. The Morgan fingerprint density at radius 1 is 0.311 bits per heavy atom. The van der Waals surface area contributed by atoms with Gasteiger partial charge >= 0.3 is 11.9 Å². The molecule has 5 heteroatoms. The summed E-state index contributed by atoms with van der Waals surface area (Å²) in [5.41, 5.74) is 0. The van der Waals surface area contributed by atoms with E-state index in [0.29, 0.717) is 19.4 Å². The first-order chi connectivity index (χ1) is 36.6. The predicted octanol–water partition coefficient (Wildman–Crippen LogP) is 21.2. The summed E-state index contributed by atoms with van der Waals surface area (Å²) in [4.78, 5) is 25.6. The highest BCUT2D eigenvalue weighted by Crippen LogP contribution is 2.14. The van der Waals surface area contributed by atoms with Crippen LogP contribution in [0.4, 0.5) is 0 Å². The minimum Gasteiger partial charge on any atom is -0.462 e. The van der Waals surface area contributed by atoms with E-state index in [4.69, 9.17) is 14.2 Å². The number of hydrogen-bond donors (Lipinski definition) is 0. The quantitative estimate of drug-likeness (QED) is 0.0345.